The first-order valence-electron chi connectivity index (χ1n) is 9.97. The van der Waals surface area contributed by atoms with Crippen molar-refractivity contribution >= 4 is 17.5 Å². The Labute approximate surface area is 172 Å². The third-order valence-electron chi connectivity index (χ3n) is 5.53. The number of nitrogens with zero attached hydrogens (tertiary/aromatic N) is 2. The third-order valence-corrected chi connectivity index (χ3v) is 5.53. The lowest BCUT2D eigenvalue weighted by Crippen LogP contribution is -2.49. The van der Waals surface area contributed by atoms with Crippen LogP contribution in [0, 0.1) is 13.8 Å². The number of amides is 2. The predicted octanol–water partition coefficient (Wildman–Crippen LogP) is 2.67. The van der Waals surface area contributed by atoms with Crippen LogP contribution in [0.1, 0.15) is 23.1 Å². The van der Waals surface area contributed by atoms with Crippen LogP contribution in [0.3, 0.4) is 0 Å². The zero-order valence-corrected chi connectivity index (χ0v) is 17.4. The van der Waals surface area contributed by atoms with Gasteiger partial charge in [0.1, 0.15) is 12.2 Å². The molecule has 0 aromatic heterocycles. The molecule has 1 N–H and O–H groups in total. The smallest absolute Gasteiger partial charge is 0.232 e. The summed E-state index contributed by atoms with van der Waals surface area (Å²) in [6.07, 6.45) is -0.126. The zero-order valence-electron chi connectivity index (χ0n) is 17.4. The first-order chi connectivity index (χ1) is 14.0. The summed E-state index contributed by atoms with van der Waals surface area (Å²) in [7, 11) is 1.60. The molecule has 0 spiro atoms. The van der Waals surface area contributed by atoms with Crippen LogP contribution in [0.4, 0.5) is 5.69 Å². The predicted molar refractivity (Wildman–Crippen MR) is 114 cm³/mol. The van der Waals surface area contributed by atoms with Crippen LogP contribution in [0.2, 0.25) is 0 Å². The van der Waals surface area contributed by atoms with Gasteiger partial charge < -0.3 is 19.9 Å². The second kappa shape index (κ2) is 9.45. The van der Waals surface area contributed by atoms with Crippen LogP contribution >= 0.6 is 0 Å². The molecule has 1 saturated heterocycles. The minimum absolute atomic E-state index is 0.122. The minimum atomic E-state index is -0.266. The van der Waals surface area contributed by atoms with Gasteiger partial charge in [-0.2, -0.15) is 0 Å². The highest BCUT2D eigenvalue weighted by atomic mass is 16.5. The van der Waals surface area contributed by atoms with Gasteiger partial charge in [0, 0.05) is 44.0 Å². The van der Waals surface area contributed by atoms with Gasteiger partial charge in [-0.25, -0.2) is 0 Å². The fourth-order valence-electron chi connectivity index (χ4n) is 3.63. The molecule has 1 fully saturated rings. The van der Waals surface area contributed by atoms with E-state index in [1.165, 1.54) is 16.8 Å². The van der Waals surface area contributed by atoms with E-state index in [0.717, 1.165) is 24.4 Å². The van der Waals surface area contributed by atoms with Crippen LogP contribution in [-0.2, 0) is 16.1 Å². The number of para-hydroxylation sites is 1. The van der Waals surface area contributed by atoms with Crippen LogP contribution in [0.25, 0.3) is 0 Å². The second-order valence-electron chi connectivity index (χ2n) is 7.35. The highest BCUT2D eigenvalue weighted by Gasteiger charge is 2.23. The molecule has 0 saturated carbocycles. The van der Waals surface area contributed by atoms with Crippen molar-refractivity contribution in [1.29, 1.82) is 0 Å². The topological polar surface area (TPSA) is 61.9 Å². The molecule has 0 unspecified atom stereocenters. The molecule has 0 radical (unpaired) electrons. The molecule has 2 aromatic carbocycles. The van der Waals surface area contributed by atoms with Crippen molar-refractivity contribution < 1.29 is 14.3 Å². The number of benzene rings is 2. The van der Waals surface area contributed by atoms with E-state index in [1.54, 1.807) is 12.0 Å². The lowest BCUT2D eigenvalue weighted by Gasteiger charge is -2.37. The molecule has 1 aliphatic rings. The molecule has 1 heterocycles. The molecule has 1 aliphatic heterocycles. The van der Waals surface area contributed by atoms with E-state index in [1.807, 2.05) is 24.3 Å². The number of hydrogen-bond acceptors (Lipinski definition) is 4. The average molecular weight is 396 g/mol. The Balaban J connectivity index is 1.48. The number of piperazine rings is 1. The lowest BCUT2D eigenvalue weighted by atomic mass is 10.1. The Morgan fingerprint density at radius 1 is 1.00 bits per heavy atom. The van der Waals surface area contributed by atoms with Gasteiger partial charge in [0.25, 0.3) is 0 Å². The minimum Gasteiger partial charge on any atom is -0.496 e. The highest BCUT2D eigenvalue weighted by molar-refractivity contribution is 5.97. The van der Waals surface area contributed by atoms with Crippen molar-refractivity contribution in [1.82, 2.24) is 10.2 Å². The number of anilines is 1. The van der Waals surface area contributed by atoms with Crippen molar-refractivity contribution in [2.75, 3.05) is 38.2 Å². The Hall–Kier alpha value is -3.02. The highest BCUT2D eigenvalue weighted by Crippen LogP contribution is 2.24. The number of nitrogens with one attached hydrogen (secondary N) is 1. The van der Waals surface area contributed by atoms with E-state index in [0.29, 0.717) is 19.6 Å². The molecule has 29 heavy (non-hydrogen) atoms. The molecule has 6 nitrogen and oxygen atoms in total. The maximum atomic E-state index is 12.5. The maximum Gasteiger partial charge on any atom is 0.232 e. The summed E-state index contributed by atoms with van der Waals surface area (Å²) in [5.74, 6) is 0.336. The summed E-state index contributed by atoms with van der Waals surface area (Å²) in [6.45, 7) is 7.41. The molecular weight excluding hydrogens is 366 g/mol. The normalized spacial score (nSPS) is 13.9. The Morgan fingerprint density at radius 2 is 1.72 bits per heavy atom. The van der Waals surface area contributed by atoms with Crippen molar-refractivity contribution in [3.8, 4) is 5.75 Å². The third kappa shape index (κ3) is 5.08. The molecular formula is C23H29N3O3. The SMILES string of the molecule is COc1ccccc1CNC(=O)CC(=O)N1CCN(c2cccc(C)c2C)CC1. The first kappa shape index (κ1) is 20.7. The number of methoxy groups -OCH3 is 1. The van der Waals surface area contributed by atoms with E-state index in [9.17, 15) is 9.59 Å². The van der Waals surface area contributed by atoms with Gasteiger partial charge in [-0.1, -0.05) is 30.3 Å². The van der Waals surface area contributed by atoms with E-state index >= 15 is 0 Å². The Bertz CT molecular complexity index is 873. The maximum absolute atomic E-state index is 12.5. The number of hydrogen-bond donors (Lipinski definition) is 1. The summed E-state index contributed by atoms with van der Waals surface area (Å²) < 4.78 is 5.29. The average Bonchev–Trinajstić information content (AvgIpc) is 2.74. The molecule has 6 heteroatoms. The first-order valence-corrected chi connectivity index (χ1v) is 9.97. The molecule has 3 rings (SSSR count). The summed E-state index contributed by atoms with van der Waals surface area (Å²) in [5.41, 5.74) is 4.67. The standard InChI is InChI=1S/C23H29N3O3/c1-17-7-6-9-20(18(17)2)25-11-13-26(14-12-25)23(28)15-22(27)24-16-19-8-4-5-10-21(19)29-3/h4-10H,11-16H2,1-3H3,(H,24,27). The Kier molecular flexibility index (Phi) is 6.75. The monoisotopic (exact) mass is 395 g/mol. The zero-order chi connectivity index (χ0) is 20.8. The fraction of sp³-hybridized carbons (Fsp3) is 0.391. The van der Waals surface area contributed by atoms with Gasteiger partial charge in [-0.15, -0.1) is 0 Å². The van der Waals surface area contributed by atoms with Crippen molar-refractivity contribution in [3.05, 3.63) is 59.2 Å². The van der Waals surface area contributed by atoms with Crippen molar-refractivity contribution in [2.45, 2.75) is 26.8 Å². The molecule has 0 bridgehead atoms. The van der Waals surface area contributed by atoms with Crippen molar-refractivity contribution in [3.63, 3.8) is 0 Å². The van der Waals surface area contributed by atoms with E-state index < -0.39 is 0 Å². The summed E-state index contributed by atoms with van der Waals surface area (Å²) >= 11 is 0. The largest absolute Gasteiger partial charge is 0.496 e. The van der Waals surface area contributed by atoms with Crippen LogP contribution < -0.4 is 15.0 Å². The summed E-state index contributed by atoms with van der Waals surface area (Å²) in [4.78, 5) is 28.9. The molecule has 154 valence electrons. The molecule has 0 atom stereocenters. The van der Waals surface area contributed by atoms with Gasteiger partial charge in [0.15, 0.2) is 0 Å². The Morgan fingerprint density at radius 3 is 2.45 bits per heavy atom. The lowest BCUT2D eigenvalue weighted by molar-refractivity contribution is -0.136. The van der Waals surface area contributed by atoms with Gasteiger partial charge in [0.05, 0.1) is 7.11 Å². The van der Waals surface area contributed by atoms with E-state index in [-0.39, 0.29) is 18.2 Å². The second-order valence-corrected chi connectivity index (χ2v) is 7.35. The number of rotatable bonds is 6. The van der Waals surface area contributed by atoms with E-state index in [2.05, 4.69) is 42.3 Å². The number of ether oxygens (including phenoxy) is 1. The number of aryl methyl sites for hydroxylation is 1. The van der Waals surface area contributed by atoms with Gasteiger partial charge in [0.2, 0.25) is 11.8 Å². The summed E-state index contributed by atoms with van der Waals surface area (Å²) in [6, 6.07) is 13.8. The van der Waals surface area contributed by atoms with Crippen LogP contribution in [0.15, 0.2) is 42.5 Å². The quantitative estimate of drug-likeness (QED) is 0.764. The fourth-order valence-corrected chi connectivity index (χ4v) is 3.63. The van der Waals surface area contributed by atoms with Crippen LogP contribution in [0.5, 0.6) is 5.75 Å². The number of carbonyl (C=O) groups excluding carboxylic acids is 2. The molecule has 0 aliphatic carbocycles. The molecule has 2 amide bonds. The van der Waals surface area contributed by atoms with Gasteiger partial charge >= 0.3 is 0 Å². The number of carbonyl (C=O) groups is 2. The van der Waals surface area contributed by atoms with Gasteiger partial charge in [-0.3, -0.25) is 9.59 Å². The molecule has 2 aromatic rings. The van der Waals surface area contributed by atoms with Gasteiger partial charge in [-0.05, 0) is 37.1 Å². The van der Waals surface area contributed by atoms with Crippen molar-refractivity contribution in [2.24, 2.45) is 0 Å². The van der Waals surface area contributed by atoms with Crippen LogP contribution in [-0.4, -0.2) is 50.0 Å². The summed E-state index contributed by atoms with van der Waals surface area (Å²) in [5, 5.41) is 2.82. The van der Waals surface area contributed by atoms with E-state index in [4.69, 9.17) is 4.74 Å².